The van der Waals surface area contributed by atoms with E-state index >= 15 is 0 Å². The molecule has 0 amide bonds. The lowest BCUT2D eigenvalue weighted by Crippen LogP contribution is -2.29. The van der Waals surface area contributed by atoms with Crippen LogP contribution in [0.25, 0.3) is 0 Å². The maximum atomic E-state index is 9.95. The summed E-state index contributed by atoms with van der Waals surface area (Å²) in [6.45, 7) is 5.31. The van der Waals surface area contributed by atoms with Gasteiger partial charge in [0.1, 0.15) is 5.75 Å². The van der Waals surface area contributed by atoms with Crippen LogP contribution in [0.15, 0.2) is 6.20 Å². The molecule has 0 saturated carbocycles. The fourth-order valence-electron chi connectivity index (χ4n) is 2.41. The second-order valence-corrected chi connectivity index (χ2v) is 4.74. The maximum absolute atomic E-state index is 9.95. The van der Waals surface area contributed by atoms with E-state index in [1.54, 1.807) is 6.92 Å². The number of hydrogen-bond acceptors (Lipinski definition) is 4. The molecule has 94 valence electrons. The molecule has 0 unspecified atom stereocenters. The number of pyridine rings is 1. The predicted octanol–water partition coefficient (Wildman–Crippen LogP) is 1.54. The lowest BCUT2D eigenvalue weighted by molar-refractivity contribution is 0.220. The van der Waals surface area contributed by atoms with Crippen molar-refractivity contribution < 1.29 is 5.11 Å². The van der Waals surface area contributed by atoms with Crippen LogP contribution in [0.1, 0.15) is 36.1 Å². The molecule has 2 rings (SSSR count). The zero-order valence-corrected chi connectivity index (χ0v) is 10.4. The number of hydrogen-bond donors (Lipinski definition) is 2. The average molecular weight is 235 g/mol. The number of likely N-dealkylation sites (tertiary alicyclic amines) is 1. The van der Waals surface area contributed by atoms with Crippen molar-refractivity contribution in [3.05, 3.63) is 23.0 Å². The molecule has 0 aliphatic carbocycles. The Kier molecular flexibility index (Phi) is 3.97. The highest BCUT2D eigenvalue weighted by Crippen LogP contribution is 2.24. The monoisotopic (exact) mass is 235 g/mol. The van der Waals surface area contributed by atoms with Crippen LogP contribution >= 0.6 is 0 Å². The van der Waals surface area contributed by atoms with Gasteiger partial charge in [-0.2, -0.15) is 0 Å². The van der Waals surface area contributed by atoms with Gasteiger partial charge >= 0.3 is 0 Å². The summed E-state index contributed by atoms with van der Waals surface area (Å²) in [4.78, 5) is 6.63. The Bertz CT molecular complexity index is 386. The fraction of sp³-hybridized carbons (Fsp3) is 0.615. The molecule has 0 aromatic carbocycles. The predicted molar refractivity (Wildman–Crippen MR) is 67.7 cm³/mol. The number of aromatic nitrogens is 1. The summed E-state index contributed by atoms with van der Waals surface area (Å²) in [6.07, 6.45) is 5.72. The number of nitrogens with two attached hydrogens (primary N) is 1. The van der Waals surface area contributed by atoms with Gasteiger partial charge in [-0.15, -0.1) is 0 Å². The molecule has 1 aromatic rings. The summed E-state index contributed by atoms with van der Waals surface area (Å²) in [7, 11) is 0. The van der Waals surface area contributed by atoms with E-state index in [0.717, 1.165) is 30.8 Å². The van der Waals surface area contributed by atoms with Crippen molar-refractivity contribution in [1.29, 1.82) is 0 Å². The van der Waals surface area contributed by atoms with E-state index in [2.05, 4.69) is 9.88 Å². The fourth-order valence-corrected chi connectivity index (χ4v) is 2.41. The Hall–Kier alpha value is -1.13. The first-order valence-electron chi connectivity index (χ1n) is 6.31. The molecule has 1 aliphatic heterocycles. The van der Waals surface area contributed by atoms with Gasteiger partial charge < -0.3 is 10.8 Å². The van der Waals surface area contributed by atoms with E-state index in [9.17, 15) is 5.11 Å². The zero-order valence-electron chi connectivity index (χ0n) is 10.4. The van der Waals surface area contributed by atoms with Crippen molar-refractivity contribution in [3.8, 4) is 5.75 Å². The van der Waals surface area contributed by atoms with Crippen molar-refractivity contribution >= 4 is 0 Å². The van der Waals surface area contributed by atoms with Crippen molar-refractivity contribution in [2.75, 3.05) is 13.1 Å². The molecule has 2 heterocycles. The Morgan fingerprint density at radius 2 is 2.06 bits per heavy atom. The number of rotatable bonds is 3. The van der Waals surface area contributed by atoms with Gasteiger partial charge in [0.25, 0.3) is 0 Å². The minimum absolute atomic E-state index is 0.266. The van der Waals surface area contributed by atoms with Crippen LogP contribution in [0, 0.1) is 6.92 Å². The van der Waals surface area contributed by atoms with Crippen LogP contribution in [0.4, 0.5) is 0 Å². The molecule has 4 heteroatoms. The van der Waals surface area contributed by atoms with Crippen molar-refractivity contribution in [3.63, 3.8) is 0 Å². The second-order valence-electron chi connectivity index (χ2n) is 4.74. The Morgan fingerprint density at radius 3 is 2.71 bits per heavy atom. The molecule has 1 aromatic heterocycles. The molecule has 17 heavy (non-hydrogen) atoms. The molecule has 0 bridgehead atoms. The molecule has 0 atom stereocenters. The summed E-state index contributed by atoms with van der Waals surface area (Å²) in [5.41, 5.74) is 8.30. The van der Waals surface area contributed by atoms with E-state index < -0.39 is 0 Å². The molecule has 1 fully saturated rings. The first-order valence-corrected chi connectivity index (χ1v) is 6.31. The molecule has 1 saturated heterocycles. The third-order valence-electron chi connectivity index (χ3n) is 3.48. The largest absolute Gasteiger partial charge is 0.506 e. The summed E-state index contributed by atoms with van der Waals surface area (Å²) in [6, 6.07) is 0. The van der Waals surface area contributed by atoms with Crippen LogP contribution in [0.3, 0.4) is 0 Å². The summed E-state index contributed by atoms with van der Waals surface area (Å²) in [5.74, 6) is 0.266. The highest BCUT2D eigenvalue weighted by molar-refractivity contribution is 5.40. The molecule has 3 N–H and O–H groups in total. The lowest BCUT2D eigenvalue weighted by Gasteiger charge is -2.27. The highest BCUT2D eigenvalue weighted by atomic mass is 16.3. The van der Waals surface area contributed by atoms with Crippen LogP contribution < -0.4 is 5.73 Å². The number of aryl methyl sites for hydroxylation is 1. The number of aromatic hydroxyl groups is 1. The van der Waals surface area contributed by atoms with Crippen LogP contribution in [0.2, 0.25) is 0 Å². The number of piperidine rings is 1. The SMILES string of the molecule is Cc1ncc(CN2CCCCC2)c(CN)c1O. The lowest BCUT2D eigenvalue weighted by atomic mass is 10.1. The standard InChI is InChI=1S/C13H21N3O/c1-10-13(17)12(7-14)11(8-15-10)9-16-5-3-2-4-6-16/h8,17H,2-7,9,14H2,1H3. The molecule has 1 aliphatic rings. The van der Waals surface area contributed by atoms with Crippen molar-refractivity contribution in [2.24, 2.45) is 5.73 Å². The van der Waals surface area contributed by atoms with Gasteiger partial charge in [0.15, 0.2) is 0 Å². The average Bonchev–Trinajstić information content (AvgIpc) is 2.36. The maximum Gasteiger partial charge on any atom is 0.141 e. The van der Waals surface area contributed by atoms with E-state index in [4.69, 9.17) is 5.73 Å². The molecule has 4 nitrogen and oxygen atoms in total. The molecule has 0 radical (unpaired) electrons. The van der Waals surface area contributed by atoms with Crippen LogP contribution in [-0.4, -0.2) is 28.1 Å². The number of nitrogens with zero attached hydrogens (tertiary/aromatic N) is 2. The third-order valence-corrected chi connectivity index (χ3v) is 3.48. The Morgan fingerprint density at radius 1 is 1.35 bits per heavy atom. The van der Waals surface area contributed by atoms with Crippen molar-refractivity contribution in [2.45, 2.75) is 39.3 Å². The van der Waals surface area contributed by atoms with Gasteiger partial charge in [-0.3, -0.25) is 9.88 Å². The minimum Gasteiger partial charge on any atom is -0.506 e. The van der Waals surface area contributed by atoms with Crippen LogP contribution in [-0.2, 0) is 13.1 Å². The Balaban J connectivity index is 2.17. The quantitative estimate of drug-likeness (QED) is 0.834. The molecular formula is C13H21N3O. The first-order chi connectivity index (χ1) is 8.22. The van der Waals surface area contributed by atoms with Gasteiger partial charge in [-0.25, -0.2) is 0 Å². The first kappa shape index (κ1) is 12.3. The van der Waals surface area contributed by atoms with Gasteiger partial charge in [-0.1, -0.05) is 6.42 Å². The minimum atomic E-state index is 0.266. The van der Waals surface area contributed by atoms with Gasteiger partial charge in [0, 0.05) is 24.8 Å². The third kappa shape index (κ3) is 2.76. The van der Waals surface area contributed by atoms with Crippen molar-refractivity contribution in [1.82, 2.24) is 9.88 Å². The van der Waals surface area contributed by atoms with E-state index in [1.807, 2.05) is 6.20 Å². The highest BCUT2D eigenvalue weighted by Gasteiger charge is 2.15. The van der Waals surface area contributed by atoms with Crippen LogP contribution in [0.5, 0.6) is 5.75 Å². The second kappa shape index (κ2) is 5.47. The summed E-state index contributed by atoms with van der Waals surface area (Å²) >= 11 is 0. The van der Waals surface area contributed by atoms with E-state index in [1.165, 1.54) is 19.3 Å². The van der Waals surface area contributed by atoms with Gasteiger partial charge in [0.05, 0.1) is 5.69 Å². The normalized spacial score (nSPS) is 17.3. The van der Waals surface area contributed by atoms with E-state index in [0.29, 0.717) is 12.2 Å². The smallest absolute Gasteiger partial charge is 0.141 e. The van der Waals surface area contributed by atoms with Gasteiger partial charge in [-0.05, 0) is 38.4 Å². The summed E-state index contributed by atoms with van der Waals surface area (Å²) < 4.78 is 0. The zero-order chi connectivity index (χ0) is 12.3. The van der Waals surface area contributed by atoms with Gasteiger partial charge in [0.2, 0.25) is 0 Å². The molecular weight excluding hydrogens is 214 g/mol. The van der Waals surface area contributed by atoms with E-state index in [-0.39, 0.29) is 5.75 Å². The molecule has 0 spiro atoms. The summed E-state index contributed by atoms with van der Waals surface area (Å²) in [5, 5.41) is 9.95. The Labute approximate surface area is 102 Å². The topological polar surface area (TPSA) is 62.4 Å².